The number of hydrogen-bond donors (Lipinski definition) is 1. The highest BCUT2D eigenvalue weighted by atomic mass is 16.6. The van der Waals surface area contributed by atoms with Crippen molar-refractivity contribution >= 4 is 5.69 Å². The predicted molar refractivity (Wildman–Crippen MR) is 69.0 cm³/mol. The van der Waals surface area contributed by atoms with Crippen molar-refractivity contribution in [1.82, 2.24) is 5.32 Å². The molecule has 94 valence electrons. The molecule has 0 aromatic heterocycles. The molecule has 4 heteroatoms. The van der Waals surface area contributed by atoms with E-state index in [0.717, 1.165) is 18.5 Å². The third kappa shape index (κ3) is 4.15. The number of rotatable bonds is 6. The summed E-state index contributed by atoms with van der Waals surface area (Å²) in [5.41, 5.74) is 1.87. The molecule has 0 saturated carbocycles. The van der Waals surface area contributed by atoms with Gasteiger partial charge in [0.1, 0.15) is 0 Å². The number of benzene rings is 1. The Bertz CT molecular complexity index is 391. The van der Waals surface area contributed by atoms with Crippen molar-refractivity contribution in [3.8, 4) is 0 Å². The lowest BCUT2D eigenvalue weighted by Crippen LogP contribution is -2.20. The van der Waals surface area contributed by atoms with E-state index in [-0.39, 0.29) is 10.6 Å². The molecule has 4 nitrogen and oxygen atoms in total. The highest BCUT2D eigenvalue weighted by Crippen LogP contribution is 2.19. The van der Waals surface area contributed by atoms with Crippen LogP contribution in [0, 0.1) is 23.0 Å². The first-order valence-electron chi connectivity index (χ1n) is 5.99. The molecule has 0 heterocycles. The Kier molecular flexibility index (Phi) is 5.10. The van der Waals surface area contributed by atoms with Gasteiger partial charge >= 0.3 is 0 Å². The van der Waals surface area contributed by atoms with Crippen LogP contribution in [0.15, 0.2) is 18.2 Å². The van der Waals surface area contributed by atoms with Gasteiger partial charge in [0.15, 0.2) is 0 Å². The van der Waals surface area contributed by atoms with E-state index in [9.17, 15) is 10.1 Å². The normalized spacial score (nSPS) is 12.4. The average molecular weight is 236 g/mol. The molecule has 17 heavy (non-hydrogen) atoms. The number of nitro groups is 1. The number of nitrogens with zero attached hydrogens (tertiary/aromatic N) is 1. The van der Waals surface area contributed by atoms with Crippen LogP contribution in [-0.2, 0) is 6.54 Å². The van der Waals surface area contributed by atoms with Gasteiger partial charge in [0.05, 0.1) is 4.92 Å². The van der Waals surface area contributed by atoms with E-state index >= 15 is 0 Å². The molecular formula is C13H20N2O2. The summed E-state index contributed by atoms with van der Waals surface area (Å²) >= 11 is 0. The standard InChI is InChI=1S/C13H20N2O2/c1-4-10(2)8-14-9-12-6-5-11(3)13(7-12)15(16)17/h5-7,10,14H,4,8-9H2,1-3H3. The van der Waals surface area contributed by atoms with Gasteiger partial charge in [-0.3, -0.25) is 10.1 Å². The summed E-state index contributed by atoms with van der Waals surface area (Å²) in [6.45, 7) is 7.73. The fourth-order valence-corrected chi connectivity index (χ4v) is 1.57. The highest BCUT2D eigenvalue weighted by Gasteiger charge is 2.10. The second-order valence-electron chi connectivity index (χ2n) is 4.52. The van der Waals surface area contributed by atoms with Gasteiger partial charge in [-0.25, -0.2) is 0 Å². The zero-order valence-corrected chi connectivity index (χ0v) is 10.7. The number of aryl methyl sites for hydroxylation is 1. The summed E-state index contributed by atoms with van der Waals surface area (Å²) in [5.74, 6) is 0.635. The minimum absolute atomic E-state index is 0.202. The van der Waals surface area contributed by atoms with E-state index in [1.165, 1.54) is 0 Å². The van der Waals surface area contributed by atoms with Crippen LogP contribution in [0.4, 0.5) is 5.69 Å². The Labute approximate surface area is 102 Å². The molecule has 0 aliphatic carbocycles. The van der Waals surface area contributed by atoms with Gasteiger partial charge in [-0.1, -0.05) is 32.4 Å². The van der Waals surface area contributed by atoms with Gasteiger partial charge in [-0.2, -0.15) is 0 Å². The van der Waals surface area contributed by atoms with Gasteiger partial charge in [-0.15, -0.1) is 0 Å². The van der Waals surface area contributed by atoms with Crippen molar-refractivity contribution in [2.45, 2.75) is 33.7 Å². The van der Waals surface area contributed by atoms with Crippen molar-refractivity contribution in [2.75, 3.05) is 6.54 Å². The quantitative estimate of drug-likeness (QED) is 0.610. The van der Waals surface area contributed by atoms with Gasteiger partial charge < -0.3 is 5.32 Å². The maximum absolute atomic E-state index is 10.8. The summed E-state index contributed by atoms with van der Waals surface area (Å²) < 4.78 is 0. The molecule has 1 aromatic rings. The Hall–Kier alpha value is -1.42. The smallest absolute Gasteiger partial charge is 0.272 e. The first-order valence-corrected chi connectivity index (χ1v) is 5.99. The SMILES string of the molecule is CCC(C)CNCc1ccc(C)c([N+](=O)[O-])c1. The topological polar surface area (TPSA) is 55.2 Å². The van der Waals surface area contributed by atoms with E-state index in [4.69, 9.17) is 0 Å². The summed E-state index contributed by atoms with van der Waals surface area (Å²) in [6.07, 6.45) is 1.14. The molecule has 1 atom stereocenters. The first kappa shape index (κ1) is 13.6. The fourth-order valence-electron chi connectivity index (χ4n) is 1.57. The predicted octanol–water partition coefficient (Wildman–Crippen LogP) is 3.04. The van der Waals surface area contributed by atoms with Crippen LogP contribution in [-0.4, -0.2) is 11.5 Å². The third-order valence-corrected chi connectivity index (χ3v) is 2.99. The molecule has 0 radical (unpaired) electrons. The van der Waals surface area contributed by atoms with Crippen LogP contribution in [0.2, 0.25) is 0 Å². The lowest BCUT2D eigenvalue weighted by molar-refractivity contribution is -0.385. The van der Waals surface area contributed by atoms with E-state index in [1.54, 1.807) is 19.1 Å². The lowest BCUT2D eigenvalue weighted by Gasteiger charge is -2.10. The largest absolute Gasteiger partial charge is 0.312 e. The maximum Gasteiger partial charge on any atom is 0.272 e. The molecule has 0 amide bonds. The minimum atomic E-state index is -0.326. The van der Waals surface area contributed by atoms with Gasteiger partial charge in [0.2, 0.25) is 0 Å². The minimum Gasteiger partial charge on any atom is -0.312 e. The molecule has 0 aliphatic heterocycles. The molecule has 0 fully saturated rings. The van der Waals surface area contributed by atoms with Crippen LogP contribution in [0.25, 0.3) is 0 Å². The monoisotopic (exact) mass is 236 g/mol. The molecule has 1 rings (SSSR count). The van der Waals surface area contributed by atoms with E-state index in [1.807, 2.05) is 6.07 Å². The Balaban J connectivity index is 2.60. The summed E-state index contributed by atoms with van der Waals surface area (Å²) in [6, 6.07) is 5.39. The van der Waals surface area contributed by atoms with Gasteiger partial charge in [0.25, 0.3) is 5.69 Å². The Morgan fingerprint density at radius 3 is 2.76 bits per heavy atom. The average Bonchev–Trinajstić information content (AvgIpc) is 2.30. The molecule has 1 aromatic carbocycles. The molecule has 1 N–H and O–H groups in total. The van der Waals surface area contributed by atoms with Crippen molar-refractivity contribution < 1.29 is 4.92 Å². The van der Waals surface area contributed by atoms with E-state index < -0.39 is 0 Å². The fraction of sp³-hybridized carbons (Fsp3) is 0.538. The van der Waals surface area contributed by atoms with Gasteiger partial charge in [0, 0.05) is 18.2 Å². The van der Waals surface area contributed by atoms with Crippen LogP contribution in [0.5, 0.6) is 0 Å². The Morgan fingerprint density at radius 2 is 2.18 bits per heavy atom. The number of nitro benzene ring substituents is 1. The summed E-state index contributed by atoms with van der Waals surface area (Å²) in [4.78, 5) is 10.5. The van der Waals surface area contributed by atoms with Crippen molar-refractivity contribution in [3.05, 3.63) is 39.4 Å². The second kappa shape index (κ2) is 6.35. The van der Waals surface area contributed by atoms with Crippen LogP contribution in [0.1, 0.15) is 31.4 Å². The number of hydrogen-bond acceptors (Lipinski definition) is 3. The molecule has 0 aliphatic rings. The highest BCUT2D eigenvalue weighted by molar-refractivity contribution is 5.42. The summed E-state index contributed by atoms with van der Waals surface area (Å²) in [7, 11) is 0. The maximum atomic E-state index is 10.8. The van der Waals surface area contributed by atoms with Gasteiger partial charge in [-0.05, 0) is 24.9 Å². The lowest BCUT2D eigenvalue weighted by atomic mass is 10.1. The molecule has 0 saturated heterocycles. The number of nitrogens with one attached hydrogen (secondary N) is 1. The first-order chi connectivity index (χ1) is 8.04. The molecule has 0 spiro atoms. The van der Waals surface area contributed by atoms with E-state index in [2.05, 4.69) is 19.2 Å². The zero-order valence-electron chi connectivity index (χ0n) is 10.7. The van der Waals surface area contributed by atoms with Crippen molar-refractivity contribution in [1.29, 1.82) is 0 Å². The summed E-state index contributed by atoms with van der Waals surface area (Å²) in [5, 5.41) is 14.1. The van der Waals surface area contributed by atoms with Crippen molar-refractivity contribution in [2.24, 2.45) is 5.92 Å². The zero-order chi connectivity index (χ0) is 12.8. The molecular weight excluding hydrogens is 216 g/mol. The van der Waals surface area contributed by atoms with Crippen LogP contribution >= 0.6 is 0 Å². The van der Waals surface area contributed by atoms with Crippen LogP contribution in [0.3, 0.4) is 0 Å². The van der Waals surface area contributed by atoms with Crippen LogP contribution < -0.4 is 5.32 Å². The van der Waals surface area contributed by atoms with Crippen molar-refractivity contribution in [3.63, 3.8) is 0 Å². The third-order valence-electron chi connectivity index (χ3n) is 2.99. The second-order valence-corrected chi connectivity index (χ2v) is 4.52. The molecule has 0 bridgehead atoms. The van der Waals surface area contributed by atoms with E-state index in [0.29, 0.717) is 18.0 Å². The molecule has 1 unspecified atom stereocenters. The Morgan fingerprint density at radius 1 is 1.47 bits per heavy atom.